The Kier molecular flexibility index (Phi) is 8.35. The molecule has 0 unspecified atom stereocenters. The minimum atomic E-state index is -3.67. The summed E-state index contributed by atoms with van der Waals surface area (Å²) in [6.45, 7) is 1.91. The largest absolute Gasteiger partial charge is 0.382 e. The first-order valence-electron chi connectivity index (χ1n) is 6.49. The minimum Gasteiger partial charge on any atom is -0.382 e. The fourth-order valence-corrected chi connectivity index (χ4v) is 2.84. The summed E-state index contributed by atoms with van der Waals surface area (Å²) in [6, 6.07) is 3.71. The highest BCUT2D eigenvalue weighted by Crippen LogP contribution is 2.19. The van der Waals surface area contributed by atoms with E-state index in [0.717, 1.165) is 12.5 Å². The van der Waals surface area contributed by atoms with E-state index in [1.54, 1.807) is 7.11 Å². The van der Waals surface area contributed by atoms with Crippen molar-refractivity contribution in [3.8, 4) is 0 Å². The predicted molar refractivity (Wildman–Crippen MR) is 81.2 cm³/mol. The number of rotatable bonds is 10. The van der Waals surface area contributed by atoms with Crippen LogP contribution in [0.3, 0.4) is 0 Å². The zero-order valence-corrected chi connectivity index (χ0v) is 14.2. The van der Waals surface area contributed by atoms with Gasteiger partial charge >= 0.3 is 0 Å². The molecule has 0 saturated heterocycles. The Labute approximate surface area is 133 Å². The van der Waals surface area contributed by atoms with Gasteiger partial charge in [0.1, 0.15) is 5.82 Å². The lowest BCUT2D eigenvalue weighted by atomic mass is 10.3. The van der Waals surface area contributed by atoms with Crippen LogP contribution < -0.4 is 4.72 Å². The van der Waals surface area contributed by atoms with E-state index in [2.05, 4.69) is 20.7 Å². The molecule has 0 saturated carbocycles. The van der Waals surface area contributed by atoms with E-state index in [9.17, 15) is 12.8 Å². The number of hydrogen-bond donors (Lipinski definition) is 1. The van der Waals surface area contributed by atoms with Crippen molar-refractivity contribution in [2.75, 3.05) is 33.5 Å². The van der Waals surface area contributed by atoms with Gasteiger partial charge in [0.2, 0.25) is 10.0 Å². The van der Waals surface area contributed by atoms with Gasteiger partial charge in [-0.2, -0.15) is 0 Å². The van der Waals surface area contributed by atoms with Crippen molar-refractivity contribution in [1.82, 2.24) is 4.72 Å². The third-order valence-electron chi connectivity index (χ3n) is 2.64. The highest BCUT2D eigenvalue weighted by atomic mass is 79.9. The lowest BCUT2D eigenvalue weighted by Gasteiger charge is -2.07. The Morgan fingerprint density at radius 1 is 1.24 bits per heavy atom. The second-order valence-electron chi connectivity index (χ2n) is 4.29. The second kappa shape index (κ2) is 9.47. The van der Waals surface area contributed by atoms with Crippen molar-refractivity contribution in [3.63, 3.8) is 0 Å². The van der Waals surface area contributed by atoms with E-state index in [4.69, 9.17) is 9.47 Å². The van der Waals surface area contributed by atoms with Crippen LogP contribution in [0.2, 0.25) is 0 Å². The molecular formula is C13H19BrFNO4S. The molecule has 0 atom stereocenters. The van der Waals surface area contributed by atoms with E-state index in [-0.39, 0.29) is 15.9 Å². The molecule has 1 aromatic rings. The Bertz CT molecular complexity index is 539. The smallest absolute Gasteiger partial charge is 0.240 e. The summed E-state index contributed by atoms with van der Waals surface area (Å²) in [6.07, 6.45) is 1.38. The van der Waals surface area contributed by atoms with Crippen molar-refractivity contribution in [2.45, 2.75) is 17.7 Å². The molecule has 0 fully saturated rings. The lowest BCUT2D eigenvalue weighted by Crippen LogP contribution is -2.25. The van der Waals surface area contributed by atoms with Crippen LogP contribution in [0.4, 0.5) is 4.39 Å². The molecule has 0 aliphatic rings. The summed E-state index contributed by atoms with van der Waals surface area (Å²) in [5.41, 5.74) is 0. The van der Waals surface area contributed by atoms with Gasteiger partial charge in [0.25, 0.3) is 0 Å². The molecule has 0 aliphatic carbocycles. The standard InChI is InChI=1S/C13H19BrFNO4S/c1-19-8-9-20-7-3-2-6-16-21(17,18)11-4-5-12(14)13(15)10-11/h4-5,10,16H,2-3,6-9H2,1H3. The van der Waals surface area contributed by atoms with E-state index in [0.29, 0.717) is 26.2 Å². The Morgan fingerprint density at radius 3 is 2.67 bits per heavy atom. The number of benzene rings is 1. The van der Waals surface area contributed by atoms with Crippen LogP contribution in [0, 0.1) is 5.82 Å². The Hall–Kier alpha value is -0.540. The van der Waals surface area contributed by atoms with Gasteiger partial charge < -0.3 is 9.47 Å². The Morgan fingerprint density at radius 2 is 2.00 bits per heavy atom. The molecule has 5 nitrogen and oxygen atoms in total. The maximum absolute atomic E-state index is 13.3. The van der Waals surface area contributed by atoms with Gasteiger partial charge in [-0.05, 0) is 47.0 Å². The number of hydrogen-bond acceptors (Lipinski definition) is 4. The van der Waals surface area contributed by atoms with Gasteiger partial charge in [-0.15, -0.1) is 0 Å². The number of ether oxygens (including phenoxy) is 2. The van der Waals surface area contributed by atoms with E-state index in [1.807, 2.05) is 0 Å². The lowest BCUT2D eigenvalue weighted by molar-refractivity contribution is 0.0689. The van der Waals surface area contributed by atoms with Gasteiger partial charge in [-0.3, -0.25) is 0 Å². The molecule has 0 amide bonds. The van der Waals surface area contributed by atoms with Crippen LogP contribution in [0.5, 0.6) is 0 Å². The third-order valence-corrected chi connectivity index (χ3v) is 4.74. The van der Waals surface area contributed by atoms with Gasteiger partial charge in [-0.1, -0.05) is 0 Å². The van der Waals surface area contributed by atoms with Gasteiger partial charge in [0.05, 0.1) is 22.6 Å². The molecule has 0 aromatic heterocycles. The maximum atomic E-state index is 13.3. The quantitative estimate of drug-likeness (QED) is 0.629. The maximum Gasteiger partial charge on any atom is 0.240 e. The average molecular weight is 384 g/mol. The average Bonchev–Trinajstić information content (AvgIpc) is 2.44. The summed E-state index contributed by atoms with van der Waals surface area (Å²) in [4.78, 5) is -0.0838. The summed E-state index contributed by atoms with van der Waals surface area (Å²) >= 11 is 2.98. The molecule has 21 heavy (non-hydrogen) atoms. The summed E-state index contributed by atoms with van der Waals surface area (Å²) < 4.78 is 50.0. The number of halogens is 2. The molecule has 1 rings (SSSR count). The highest BCUT2D eigenvalue weighted by molar-refractivity contribution is 9.10. The highest BCUT2D eigenvalue weighted by Gasteiger charge is 2.14. The Balaban J connectivity index is 2.31. The molecule has 1 N–H and O–H groups in total. The van der Waals surface area contributed by atoms with Crippen LogP contribution in [0.25, 0.3) is 0 Å². The molecular weight excluding hydrogens is 365 g/mol. The van der Waals surface area contributed by atoms with E-state index < -0.39 is 15.8 Å². The predicted octanol–water partition coefficient (Wildman–Crippen LogP) is 2.31. The minimum absolute atomic E-state index is 0.0838. The van der Waals surface area contributed by atoms with Crippen molar-refractivity contribution in [3.05, 3.63) is 28.5 Å². The van der Waals surface area contributed by atoms with Crippen LogP contribution in [0.1, 0.15) is 12.8 Å². The van der Waals surface area contributed by atoms with Crippen LogP contribution in [0.15, 0.2) is 27.6 Å². The summed E-state index contributed by atoms with van der Waals surface area (Å²) in [7, 11) is -2.07. The van der Waals surface area contributed by atoms with E-state index in [1.165, 1.54) is 12.1 Å². The van der Waals surface area contributed by atoms with Gasteiger partial charge in [-0.25, -0.2) is 17.5 Å². The third kappa shape index (κ3) is 6.84. The second-order valence-corrected chi connectivity index (χ2v) is 6.91. The molecule has 120 valence electrons. The van der Waals surface area contributed by atoms with Crippen LogP contribution >= 0.6 is 15.9 Å². The molecule has 0 aliphatic heterocycles. The fraction of sp³-hybridized carbons (Fsp3) is 0.538. The number of sulfonamides is 1. The molecule has 0 spiro atoms. The summed E-state index contributed by atoms with van der Waals surface area (Å²) in [5, 5.41) is 0. The van der Waals surface area contributed by atoms with Crippen molar-refractivity contribution >= 4 is 26.0 Å². The normalized spacial score (nSPS) is 11.8. The molecule has 1 aromatic carbocycles. The molecule has 8 heteroatoms. The topological polar surface area (TPSA) is 64.6 Å². The van der Waals surface area contributed by atoms with Crippen molar-refractivity contribution in [1.29, 1.82) is 0 Å². The van der Waals surface area contributed by atoms with Crippen molar-refractivity contribution in [2.24, 2.45) is 0 Å². The first-order chi connectivity index (χ1) is 9.97. The molecule has 0 bridgehead atoms. The van der Waals surface area contributed by atoms with Gasteiger partial charge in [0, 0.05) is 20.3 Å². The van der Waals surface area contributed by atoms with Crippen LogP contribution in [-0.4, -0.2) is 41.9 Å². The fourth-order valence-electron chi connectivity index (χ4n) is 1.51. The first kappa shape index (κ1) is 18.5. The molecule has 0 heterocycles. The van der Waals surface area contributed by atoms with Crippen molar-refractivity contribution < 1.29 is 22.3 Å². The number of methoxy groups -OCH3 is 1. The molecule has 0 radical (unpaired) electrons. The zero-order valence-electron chi connectivity index (χ0n) is 11.8. The monoisotopic (exact) mass is 383 g/mol. The van der Waals surface area contributed by atoms with Gasteiger partial charge in [0.15, 0.2) is 0 Å². The van der Waals surface area contributed by atoms with E-state index >= 15 is 0 Å². The SMILES string of the molecule is COCCOCCCCNS(=O)(=O)c1ccc(Br)c(F)c1. The number of nitrogens with one attached hydrogen (secondary N) is 1. The first-order valence-corrected chi connectivity index (χ1v) is 8.76. The zero-order chi connectivity index (χ0) is 15.7. The summed E-state index contributed by atoms with van der Waals surface area (Å²) in [5.74, 6) is -0.607. The van der Waals surface area contributed by atoms with Crippen LogP contribution in [-0.2, 0) is 19.5 Å². The number of unbranched alkanes of at least 4 members (excludes halogenated alkanes) is 1.